The van der Waals surface area contributed by atoms with Crippen LogP contribution in [0.1, 0.15) is 47.8 Å². The van der Waals surface area contributed by atoms with Gasteiger partial charge in [-0.15, -0.1) is 11.3 Å². The predicted octanol–water partition coefficient (Wildman–Crippen LogP) is 6.74. The number of thiophene rings is 1. The van der Waals surface area contributed by atoms with Crippen LogP contribution in [0, 0.1) is 6.92 Å². The molecule has 202 valence electrons. The third-order valence-corrected chi connectivity index (χ3v) is 8.12. The number of ether oxygens (including phenoxy) is 1. The monoisotopic (exact) mass is 553 g/mol. The van der Waals surface area contributed by atoms with E-state index in [2.05, 4.69) is 20.6 Å². The third-order valence-electron chi connectivity index (χ3n) is 7.02. The lowest BCUT2D eigenvalue weighted by Gasteiger charge is -2.29. The average Bonchev–Trinajstić information content (AvgIpc) is 3.55. The fraction of sp³-hybridized carbons (Fsp3) is 0.233. The number of nitrogens with zero attached hydrogens (tertiary/aromatic N) is 3. The molecule has 40 heavy (non-hydrogen) atoms. The number of pyridine rings is 1. The lowest BCUT2D eigenvalue weighted by Crippen LogP contribution is -2.36. The number of carbonyl (C=O) groups excluding carboxylic acids is 3. The number of urea groups is 1. The van der Waals surface area contributed by atoms with Crippen molar-refractivity contribution in [2.45, 2.75) is 45.6 Å². The second-order valence-electron chi connectivity index (χ2n) is 9.78. The van der Waals surface area contributed by atoms with E-state index in [0.29, 0.717) is 58.2 Å². The summed E-state index contributed by atoms with van der Waals surface area (Å²) in [5, 5.41) is 6.74. The van der Waals surface area contributed by atoms with Gasteiger partial charge in [-0.05, 0) is 61.7 Å². The van der Waals surface area contributed by atoms with Crippen LogP contribution < -0.4 is 20.3 Å². The van der Waals surface area contributed by atoms with Crippen LogP contribution in [0.25, 0.3) is 10.2 Å². The van der Waals surface area contributed by atoms with Gasteiger partial charge in [-0.25, -0.2) is 14.8 Å². The summed E-state index contributed by atoms with van der Waals surface area (Å²) in [6.07, 6.45) is 3.96. The minimum absolute atomic E-state index is 0.115. The Morgan fingerprint density at radius 2 is 1.98 bits per heavy atom. The Labute approximate surface area is 234 Å². The molecule has 2 aromatic heterocycles. The summed E-state index contributed by atoms with van der Waals surface area (Å²) in [5.41, 5.74) is 3.50. The van der Waals surface area contributed by atoms with E-state index in [4.69, 9.17) is 4.74 Å². The minimum Gasteiger partial charge on any atom is -0.457 e. The van der Waals surface area contributed by atoms with Crippen molar-refractivity contribution < 1.29 is 19.1 Å². The van der Waals surface area contributed by atoms with Gasteiger partial charge < -0.3 is 15.4 Å². The molecule has 0 saturated heterocycles. The van der Waals surface area contributed by atoms with Crippen LogP contribution in [0.2, 0.25) is 0 Å². The van der Waals surface area contributed by atoms with Crippen LogP contribution in [-0.4, -0.2) is 34.6 Å². The van der Waals surface area contributed by atoms with E-state index in [1.54, 1.807) is 24.1 Å². The van der Waals surface area contributed by atoms with Crippen molar-refractivity contribution in [3.8, 4) is 11.5 Å². The molecule has 2 aromatic carbocycles. The van der Waals surface area contributed by atoms with Crippen molar-refractivity contribution in [3.63, 3.8) is 0 Å². The highest BCUT2D eigenvalue weighted by Crippen LogP contribution is 2.46. The number of carbonyl (C=O) groups is 3. The summed E-state index contributed by atoms with van der Waals surface area (Å²) >= 11 is 1.25. The Morgan fingerprint density at radius 3 is 2.75 bits per heavy atom. The van der Waals surface area contributed by atoms with Crippen LogP contribution in [0.5, 0.6) is 11.5 Å². The van der Waals surface area contributed by atoms with Crippen molar-refractivity contribution in [1.82, 2.24) is 10.3 Å². The largest absolute Gasteiger partial charge is 0.457 e. The molecule has 0 spiro atoms. The maximum atomic E-state index is 13.5. The van der Waals surface area contributed by atoms with E-state index < -0.39 is 0 Å². The number of hydrogen-bond acceptors (Lipinski definition) is 6. The second-order valence-corrected chi connectivity index (χ2v) is 10.8. The van der Waals surface area contributed by atoms with Crippen LogP contribution in [0.3, 0.4) is 0 Å². The lowest BCUT2D eigenvalue weighted by atomic mass is 10.1. The first-order valence-electron chi connectivity index (χ1n) is 13.2. The van der Waals surface area contributed by atoms with Gasteiger partial charge in [-0.2, -0.15) is 0 Å². The molecular formula is C30H27N5O4S. The highest BCUT2D eigenvalue weighted by Gasteiger charge is 2.34. The van der Waals surface area contributed by atoms with Gasteiger partial charge in [0.15, 0.2) is 0 Å². The molecule has 0 radical (unpaired) electrons. The zero-order chi connectivity index (χ0) is 27.8. The third kappa shape index (κ3) is 4.82. The van der Waals surface area contributed by atoms with Crippen molar-refractivity contribution in [2.24, 2.45) is 4.99 Å². The molecule has 9 nitrogen and oxygen atoms in total. The van der Waals surface area contributed by atoms with E-state index in [1.807, 2.05) is 55.5 Å². The second kappa shape index (κ2) is 10.5. The molecule has 4 aromatic rings. The number of aryl methyl sites for hydroxylation is 1. The van der Waals surface area contributed by atoms with E-state index >= 15 is 0 Å². The van der Waals surface area contributed by atoms with Crippen molar-refractivity contribution in [2.75, 3.05) is 10.2 Å². The van der Waals surface area contributed by atoms with Crippen LogP contribution in [0.4, 0.5) is 21.9 Å². The van der Waals surface area contributed by atoms with Gasteiger partial charge in [0, 0.05) is 30.8 Å². The normalized spacial score (nSPS) is 17.2. The van der Waals surface area contributed by atoms with Crippen molar-refractivity contribution in [1.29, 1.82) is 0 Å². The minimum atomic E-state index is -0.361. The molecule has 10 heteroatoms. The molecule has 2 aliphatic rings. The van der Waals surface area contributed by atoms with E-state index in [1.165, 1.54) is 11.3 Å². The average molecular weight is 554 g/mol. The predicted molar refractivity (Wildman–Crippen MR) is 156 cm³/mol. The number of nitrogens with one attached hydrogen (secondary N) is 2. The molecule has 4 amide bonds. The molecule has 1 saturated carbocycles. The molecular weight excluding hydrogens is 526 g/mol. The Morgan fingerprint density at radius 1 is 1.15 bits per heavy atom. The van der Waals surface area contributed by atoms with Crippen molar-refractivity contribution >= 4 is 62.2 Å². The topological polar surface area (TPSA) is 113 Å². The summed E-state index contributed by atoms with van der Waals surface area (Å²) < 4.78 is 5.96. The van der Waals surface area contributed by atoms with Crippen LogP contribution >= 0.6 is 11.3 Å². The van der Waals surface area contributed by atoms with Gasteiger partial charge in [0.25, 0.3) is 5.91 Å². The molecule has 2 N–H and O–H groups in total. The van der Waals surface area contributed by atoms with Gasteiger partial charge in [0.05, 0.1) is 22.4 Å². The molecule has 1 atom stereocenters. The molecule has 1 fully saturated rings. The number of para-hydroxylation sites is 1. The van der Waals surface area contributed by atoms with E-state index in [9.17, 15) is 14.4 Å². The summed E-state index contributed by atoms with van der Waals surface area (Å²) in [5.74, 6) is 0.976. The maximum Gasteiger partial charge on any atom is 0.331 e. The van der Waals surface area contributed by atoms with Crippen molar-refractivity contribution in [3.05, 3.63) is 71.2 Å². The van der Waals surface area contributed by atoms with Crippen LogP contribution in [0.15, 0.2) is 65.8 Å². The number of aromatic nitrogens is 1. The Bertz CT molecular complexity index is 1680. The first kappa shape index (κ1) is 25.7. The smallest absolute Gasteiger partial charge is 0.331 e. The van der Waals surface area contributed by atoms with Gasteiger partial charge in [-0.1, -0.05) is 25.1 Å². The number of hydrogen-bond donors (Lipinski definition) is 2. The van der Waals surface area contributed by atoms with Crippen LogP contribution in [-0.2, 0) is 4.79 Å². The van der Waals surface area contributed by atoms with Gasteiger partial charge in [-0.3, -0.25) is 14.5 Å². The lowest BCUT2D eigenvalue weighted by molar-refractivity contribution is -0.117. The highest BCUT2D eigenvalue weighted by atomic mass is 32.1. The summed E-state index contributed by atoms with van der Waals surface area (Å²) in [4.78, 5) is 49.9. The first-order chi connectivity index (χ1) is 19.4. The summed E-state index contributed by atoms with van der Waals surface area (Å²) in [6.45, 7) is 3.70. The van der Waals surface area contributed by atoms with Gasteiger partial charge >= 0.3 is 6.03 Å². The molecule has 0 unspecified atom stereocenters. The van der Waals surface area contributed by atoms with Gasteiger partial charge in [0.1, 0.15) is 21.2 Å². The fourth-order valence-electron chi connectivity index (χ4n) is 5.11. The number of aliphatic imine (C=N–C) groups is 1. The Kier molecular flexibility index (Phi) is 6.77. The van der Waals surface area contributed by atoms with E-state index in [0.717, 1.165) is 22.4 Å². The van der Waals surface area contributed by atoms with E-state index in [-0.39, 0.29) is 23.9 Å². The quantitative estimate of drug-likeness (QED) is 0.275. The molecule has 1 aliphatic carbocycles. The number of rotatable bonds is 6. The Hall–Kier alpha value is -4.57. The van der Waals surface area contributed by atoms with Gasteiger partial charge in [0.2, 0.25) is 5.91 Å². The number of benzene rings is 2. The number of amides is 4. The molecule has 1 aliphatic heterocycles. The number of anilines is 3. The maximum absolute atomic E-state index is 13.5. The first-order valence-corrected chi connectivity index (χ1v) is 14.0. The zero-order valence-corrected chi connectivity index (χ0v) is 22.9. The standard InChI is InChI=1S/C30H27N5O4S/c1-3-24(36)32-18-9-10-19(16-18)33-28(37)27-26-25-23(13-14-31-29(25)40-27)35(30(38)34-26)22-12-11-21(15-17(22)2)39-20-7-5-4-6-8-20/h4-8,11-15,19H,3,9-10,16H2,1-2H3,(H,33,37)(H,34,38)/t19-/m0/s1. The summed E-state index contributed by atoms with van der Waals surface area (Å²) in [6, 6.07) is 16.4. The summed E-state index contributed by atoms with van der Waals surface area (Å²) in [7, 11) is 0. The SMILES string of the molecule is CCC(=O)N=C1CC[C@H](NC(=O)c2sc3nccc4c3c2NC(=O)N4c2ccc(Oc3ccccc3)cc2C)C1. The fourth-order valence-corrected chi connectivity index (χ4v) is 6.13. The zero-order valence-electron chi connectivity index (χ0n) is 22.1. The molecule has 6 rings (SSSR count). The Balaban J connectivity index is 1.28. The molecule has 0 bridgehead atoms. The molecule has 3 heterocycles. The highest BCUT2D eigenvalue weighted by molar-refractivity contribution is 7.21.